The molecule has 2 atom stereocenters. The van der Waals surface area contributed by atoms with E-state index in [2.05, 4.69) is 42.8 Å². The Morgan fingerprint density at radius 3 is 2.64 bits per heavy atom. The van der Waals surface area contributed by atoms with Gasteiger partial charge in [0.2, 0.25) is 0 Å². The first-order valence-electron chi connectivity index (χ1n) is 5.00. The standard InChI is InChI=1S/C11H17BrOS/c1-4-5-7(2)10(13)9-6-8(3)11(12)14-9/h6-7,10,13H,4-5H2,1-3H3. The predicted molar refractivity (Wildman–Crippen MR) is 65.8 cm³/mol. The second kappa shape index (κ2) is 5.29. The van der Waals surface area contributed by atoms with E-state index in [1.807, 2.05) is 0 Å². The number of hydrogen-bond acceptors (Lipinski definition) is 2. The number of hydrogen-bond donors (Lipinski definition) is 1. The van der Waals surface area contributed by atoms with Crippen LogP contribution in [0.1, 0.15) is 43.2 Å². The average Bonchev–Trinajstić information content (AvgIpc) is 2.46. The van der Waals surface area contributed by atoms with E-state index >= 15 is 0 Å². The van der Waals surface area contributed by atoms with Gasteiger partial charge in [-0.05, 0) is 46.8 Å². The Kier molecular flexibility index (Phi) is 4.61. The topological polar surface area (TPSA) is 20.2 Å². The molecule has 0 radical (unpaired) electrons. The van der Waals surface area contributed by atoms with Crippen LogP contribution in [0.15, 0.2) is 9.85 Å². The molecule has 0 aliphatic heterocycles. The van der Waals surface area contributed by atoms with Gasteiger partial charge >= 0.3 is 0 Å². The highest BCUT2D eigenvalue weighted by molar-refractivity contribution is 9.11. The predicted octanol–water partition coefficient (Wildman–Crippen LogP) is 4.29. The van der Waals surface area contributed by atoms with Crippen LogP contribution in [0.25, 0.3) is 0 Å². The number of aliphatic hydroxyl groups is 1. The lowest BCUT2D eigenvalue weighted by Gasteiger charge is -2.16. The molecule has 0 spiro atoms. The van der Waals surface area contributed by atoms with E-state index in [-0.39, 0.29) is 6.10 Å². The second-order valence-electron chi connectivity index (χ2n) is 3.82. The van der Waals surface area contributed by atoms with Gasteiger partial charge in [-0.15, -0.1) is 11.3 Å². The minimum absolute atomic E-state index is 0.301. The van der Waals surface area contributed by atoms with Gasteiger partial charge in [0.1, 0.15) is 0 Å². The molecular weight excluding hydrogens is 260 g/mol. The zero-order valence-electron chi connectivity index (χ0n) is 8.88. The number of rotatable bonds is 4. The summed E-state index contributed by atoms with van der Waals surface area (Å²) in [4.78, 5) is 1.08. The van der Waals surface area contributed by atoms with Crippen LogP contribution in [-0.4, -0.2) is 5.11 Å². The summed E-state index contributed by atoms with van der Waals surface area (Å²) in [5.74, 6) is 0.352. The Morgan fingerprint density at radius 1 is 1.57 bits per heavy atom. The normalized spacial score (nSPS) is 15.5. The molecule has 1 aromatic heterocycles. The van der Waals surface area contributed by atoms with Crippen molar-refractivity contribution in [1.29, 1.82) is 0 Å². The Morgan fingerprint density at radius 2 is 2.21 bits per heavy atom. The molecule has 0 fully saturated rings. The molecule has 0 saturated heterocycles. The van der Waals surface area contributed by atoms with Crippen LogP contribution < -0.4 is 0 Å². The van der Waals surface area contributed by atoms with Crippen molar-refractivity contribution in [3.63, 3.8) is 0 Å². The molecular formula is C11H17BrOS. The third kappa shape index (κ3) is 2.81. The zero-order valence-corrected chi connectivity index (χ0v) is 11.3. The zero-order chi connectivity index (χ0) is 10.7. The van der Waals surface area contributed by atoms with Gasteiger partial charge < -0.3 is 5.11 Å². The van der Waals surface area contributed by atoms with E-state index in [9.17, 15) is 5.11 Å². The van der Waals surface area contributed by atoms with Crippen molar-refractivity contribution >= 4 is 27.3 Å². The molecule has 0 aliphatic rings. The first-order valence-corrected chi connectivity index (χ1v) is 6.61. The molecule has 1 rings (SSSR count). The first-order chi connectivity index (χ1) is 6.56. The minimum atomic E-state index is -0.301. The lowest BCUT2D eigenvalue weighted by Crippen LogP contribution is -2.07. The van der Waals surface area contributed by atoms with Crippen LogP contribution in [0.2, 0.25) is 0 Å². The highest BCUT2D eigenvalue weighted by Gasteiger charge is 2.18. The maximum absolute atomic E-state index is 10.0. The Labute approximate surface area is 98.3 Å². The lowest BCUT2D eigenvalue weighted by molar-refractivity contribution is 0.116. The number of thiophene rings is 1. The van der Waals surface area contributed by atoms with Crippen LogP contribution in [-0.2, 0) is 0 Å². The lowest BCUT2D eigenvalue weighted by atomic mass is 9.98. The van der Waals surface area contributed by atoms with E-state index in [1.54, 1.807) is 11.3 Å². The fourth-order valence-electron chi connectivity index (χ4n) is 1.52. The van der Waals surface area contributed by atoms with Gasteiger partial charge in [0.25, 0.3) is 0 Å². The Hall–Kier alpha value is 0.140. The van der Waals surface area contributed by atoms with Crippen molar-refractivity contribution in [2.45, 2.75) is 39.7 Å². The van der Waals surface area contributed by atoms with E-state index in [1.165, 1.54) is 5.56 Å². The number of halogens is 1. The molecule has 1 aromatic rings. The summed E-state index contributed by atoms with van der Waals surface area (Å²) in [6.07, 6.45) is 1.91. The van der Waals surface area contributed by atoms with Crippen LogP contribution >= 0.6 is 27.3 Å². The summed E-state index contributed by atoms with van der Waals surface area (Å²) in [6, 6.07) is 2.07. The largest absolute Gasteiger partial charge is 0.387 e. The first kappa shape index (κ1) is 12.2. The van der Waals surface area contributed by atoms with E-state index < -0.39 is 0 Å². The molecule has 0 aromatic carbocycles. The summed E-state index contributed by atoms with van der Waals surface area (Å²) in [5.41, 5.74) is 1.22. The second-order valence-corrected chi connectivity index (χ2v) is 6.22. The van der Waals surface area contributed by atoms with Crippen LogP contribution in [0, 0.1) is 12.8 Å². The van der Waals surface area contributed by atoms with Gasteiger partial charge in [-0.3, -0.25) is 0 Å². The fraction of sp³-hybridized carbons (Fsp3) is 0.636. The maximum Gasteiger partial charge on any atom is 0.0907 e. The molecule has 2 unspecified atom stereocenters. The highest BCUT2D eigenvalue weighted by atomic mass is 79.9. The van der Waals surface area contributed by atoms with E-state index in [0.29, 0.717) is 5.92 Å². The molecule has 0 amide bonds. The Balaban J connectivity index is 2.73. The van der Waals surface area contributed by atoms with Gasteiger partial charge in [-0.25, -0.2) is 0 Å². The summed E-state index contributed by atoms with van der Waals surface area (Å²) in [7, 11) is 0. The summed E-state index contributed by atoms with van der Waals surface area (Å²) < 4.78 is 1.13. The van der Waals surface area contributed by atoms with Crippen LogP contribution in [0.4, 0.5) is 0 Å². The monoisotopic (exact) mass is 276 g/mol. The SMILES string of the molecule is CCCC(C)C(O)c1cc(C)c(Br)s1. The molecule has 80 valence electrons. The molecule has 0 saturated carbocycles. The van der Waals surface area contributed by atoms with E-state index in [4.69, 9.17) is 0 Å². The fourth-order valence-corrected chi connectivity index (χ4v) is 3.21. The van der Waals surface area contributed by atoms with Crippen molar-refractivity contribution in [3.05, 3.63) is 20.3 Å². The summed E-state index contributed by atoms with van der Waals surface area (Å²) in [6.45, 7) is 6.32. The minimum Gasteiger partial charge on any atom is -0.387 e. The molecule has 1 nitrogen and oxygen atoms in total. The van der Waals surface area contributed by atoms with Crippen molar-refractivity contribution in [2.24, 2.45) is 5.92 Å². The van der Waals surface area contributed by atoms with Gasteiger partial charge in [0.05, 0.1) is 9.89 Å². The quantitative estimate of drug-likeness (QED) is 0.870. The summed E-state index contributed by atoms with van der Waals surface area (Å²) >= 11 is 5.12. The third-order valence-electron chi connectivity index (χ3n) is 2.45. The van der Waals surface area contributed by atoms with Crippen molar-refractivity contribution in [3.8, 4) is 0 Å². The van der Waals surface area contributed by atoms with Crippen LogP contribution in [0.3, 0.4) is 0 Å². The van der Waals surface area contributed by atoms with Gasteiger partial charge in [-0.2, -0.15) is 0 Å². The molecule has 14 heavy (non-hydrogen) atoms. The maximum atomic E-state index is 10.0. The van der Waals surface area contributed by atoms with Gasteiger partial charge in [-0.1, -0.05) is 20.3 Å². The molecule has 0 aliphatic carbocycles. The van der Waals surface area contributed by atoms with Gasteiger partial charge in [0, 0.05) is 4.88 Å². The summed E-state index contributed by atoms with van der Waals surface area (Å²) in [5, 5.41) is 10.0. The molecule has 1 heterocycles. The third-order valence-corrected chi connectivity index (χ3v) is 4.66. The highest BCUT2D eigenvalue weighted by Crippen LogP contribution is 2.35. The van der Waals surface area contributed by atoms with Crippen molar-refractivity contribution in [1.82, 2.24) is 0 Å². The molecule has 0 bridgehead atoms. The van der Waals surface area contributed by atoms with Crippen molar-refractivity contribution < 1.29 is 5.11 Å². The van der Waals surface area contributed by atoms with Crippen LogP contribution in [0.5, 0.6) is 0 Å². The smallest absolute Gasteiger partial charge is 0.0907 e. The van der Waals surface area contributed by atoms with Gasteiger partial charge in [0.15, 0.2) is 0 Å². The van der Waals surface area contributed by atoms with E-state index in [0.717, 1.165) is 21.5 Å². The number of aryl methyl sites for hydroxylation is 1. The Bertz CT molecular complexity index is 276. The van der Waals surface area contributed by atoms with Crippen molar-refractivity contribution in [2.75, 3.05) is 0 Å². The molecule has 3 heteroatoms. The number of aliphatic hydroxyl groups excluding tert-OH is 1. The molecule has 1 N–H and O–H groups in total. The average molecular weight is 277 g/mol.